The Morgan fingerprint density at radius 1 is 0.582 bits per heavy atom. The predicted octanol–water partition coefficient (Wildman–Crippen LogP) is 0.537. The van der Waals surface area contributed by atoms with Crippen LogP contribution in [0.2, 0.25) is 0 Å². The molecule has 16 N–H and O–H groups in total. The number of carboxylic acids is 4. The molecule has 2 aromatic carbocycles. The summed E-state index contributed by atoms with van der Waals surface area (Å²) in [6.07, 6.45) is -2.53. The molecule has 0 spiro atoms. The number of nitrogens with one attached hydrogen (secondary N) is 3. The third-order valence-electron chi connectivity index (χ3n) is 16.4. The Kier molecular flexibility index (Phi) is 42.9. The number of aliphatic hydroxyl groups excluding tert-OH is 2. The summed E-state index contributed by atoms with van der Waals surface area (Å²) in [4.78, 5) is 103. The molecular weight excluding hydrogens is 1330 g/mol. The van der Waals surface area contributed by atoms with E-state index in [1.54, 1.807) is 34.1 Å². The van der Waals surface area contributed by atoms with E-state index in [1.165, 1.54) is 12.1 Å². The van der Waals surface area contributed by atoms with Crippen LogP contribution < -0.4 is 21.7 Å². The fourth-order valence-corrected chi connectivity index (χ4v) is 12.9. The van der Waals surface area contributed by atoms with Crippen LogP contribution in [0, 0.1) is 0 Å². The van der Waals surface area contributed by atoms with Crippen molar-refractivity contribution in [1.82, 2.24) is 49.8 Å². The third kappa shape index (κ3) is 36.9. The summed E-state index contributed by atoms with van der Waals surface area (Å²) in [6.45, 7) is 8.47. The van der Waals surface area contributed by atoms with Crippen LogP contribution in [0.25, 0.3) is 0 Å². The first kappa shape index (κ1) is 86.3. The van der Waals surface area contributed by atoms with Crippen LogP contribution in [0.15, 0.2) is 48.5 Å². The number of carbonyl (C=O) groups is 6. The summed E-state index contributed by atoms with van der Waals surface area (Å²) in [5, 5.41) is 107. The molecule has 6 atom stereocenters. The number of aliphatic carboxylic acids is 4. The number of unbranched alkanes of at least 4 members (excludes halogenated alkanes) is 2. The minimum absolute atomic E-state index is 0.00865. The number of carboxylic acid groups (broad SMARTS) is 4. The second-order valence-electron chi connectivity index (χ2n) is 23.7. The van der Waals surface area contributed by atoms with Crippen molar-refractivity contribution in [3.05, 3.63) is 59.7 Å². The van der Waals surface area contributed by atoms with E-state index < -0.39 is 48.3 Å². The number of carbonyl (C=O) groups excluding carboxylic acids is 2. The number of anilines is 2. The zero-order valence-electron chi connectivity index (χ0n) is 55.2. The normalized spacial score (nSPS) is 21.4. The standard InChI is InChI=1S/C25H40F3N5O9.C23H39N5O8.C10H18N2O2S.C2H4O3/c26-25(27,28)24(38)29-20-3-1-19(2-4-20)15-21-16-32(17-22(34)35)8-7-30(11-13-41-39)5-6-31(12-14-42-40)9-10-33(21)18-23(36)37;24-20-3-1-19(2-4-20)15-21-16-27(17-22(29)30)8-7-25(11-13-35-33)5-6-26(12-14-36-34)9-10-28(21)18-23(31)32;13-5-3-1-2-4-8-9-7(6-15-8)11-10(14)12-9;1-2(3)5-4/h1-4,21,24,29,38-40H,5-18H2,(H,34,35)(H,36,37);1-4,21,33-34H,5-18,24H2,(H,29,30)(H,31,32);7-9,13H,1-6H2,(H2,11,12,14);4H,1H3. The molecule has 34 nitrogen and oxygen atoms in total. The Bertz CT molecular complexity index is 2580. The smallest absolute Gasteiger partial charge is 0.433 e. The number of nitrogens with zero attached hydrogens (tertiary/aromatic N) is 8. The van der Waals surface area contributed by atoms with Crippen molar-refractivity contribution in [1.29, 1.82) is 0 Å². The molecular formula is C60H101F3N12O22S. The molecule has 6 unspecified atom stereocenters. The number of hydrogen-bond donors (Lipinski definition) is 15. The van der Waals surface area contributed by atoms with Crippen LogP contribution in [0.3, 0.4) is 0 Å². The number of urea groups is 1. The first-order valence-electron chi connectivity index (χ1n) is 32.1. The molecule has 0 saturated carbocycles. The summed E-state index contributed by atoms with van der Waals surface area (Å²) in [7, 11) is 0. The molecule has 0 aliphatic carbocycles. The van der Waals surface area contributed by atoms with Crippen molar-refractivity contribution in [2.75, 3.05) is 194 Å². The van der Waals surface area contributed by atoms with Gasteiger partial charge in [-0.3, -0.25) is 79.4 Å². The number of fused-ring (bicyclic) bond motifs is 1. The molecule has 2 aromatic rings. The van der Waals surface area contributed by atoms with Crippen molar-refractivity contribution in [2.45, 2.75) is 87.3 Å². The highest BCUT2D eigenvalue weighted by atomic mass is 32.2. The van der Waals surface area contributed by atoms with E-state index in [0.29, 0.717) is 146 Å². The predicted molar refractivity (Wildman–Crippen MR) is 350 cm³/mol. The molecule has 560 valence electrons. The maximum atomic E-state index is 12.7. The molecule has 0 bridgehead atoms. The second-order valence-corrected chi connectivity index (χ2v) is 25.0. The van der Waals surface area contributed by atoms with E-state index in [9.17, 15) is 67.5 Å². The molecule has 2 amide bonds. The van der Waals surface area contributed by atoms with Gasteiger partial charge in [-0.2, -0.15) is 30.2 Å². The van der Waals surface area contributed by atoms with Crippen molar-refractivity contribution in [3.8, 4) is 0 Å². The Morgan fingerprint density at radius 3 is 1.32 bits per heavy atom. The lowest BCUT2D eigenvalue weighted by atomic mass is 10.0. The lowest BCUT2D eigenvalue weighted by Crippen LogP contribution is -2.53. The molecule has 4 aliphatic rings. The summed E-state index contributed by atoms with van der Waals surface area (Å²) in [6, 6.07) is 13.1. The van der Waals surface area contributed by atoms with Crippen LogP contribution in [0.1, 0.15) is 43.7 Å². The number of amides is 2. The Balaban J connectivity index is 0.000000400. The van der Waals surface area contributed by atoms with Gasteiger partial charge in [-0.1, -0.05) is 37.1 Å². The van der Waals surface area contributed by atoms with Crippen LogP contribution in [-0.2, 0) is 61.3 Å². The van der Waals surface area contributed by atoms with Gasteiger partial charge in [-0.25, -0.2) is 29.1 Å². The SMILES string of the molecule is CC(=O)OO.Nc1ccc(CC2CN(CC(=O)O)CCN(CCOO)CCN(CCOO)CCN2CC(=O)O)cc1.O=C(O)CN1CCN(CCOO)CCN(CCOO)CCN(CC(=O)O)C(Cc2ccc(NC(O)C(F)(F)F)cc2)C1.O=C1NC2CSC(CCCCCO)C2N1. The number of rotatable bonds is 31. The zero-order valence-corrected chi connectivity index (χ0v) is 56.0. The number of nitrogen functional groups attached to an aromatic ring is 1. The molecule has 38 heteroatoms. The lowest BCUT2D eigenvalue weighted by Gasteiger charge is -2.38. The first-order chi connectivity index (χ1) is 46.8. The Labute approximate surface area is 571 Å². The van der Waals surface area contributed by atoms with Gasteiger partial charge < -0.3 is 57.2 Å². The molecule has 4 heterocycles. The van der Waals surface area contributed by atoms with E-state index in [1.807, 2.05) is 48.8 Å². The molecule has 0 radical (unpaired) electrons. The maximum absolute atomic E-state index is 12.7. The average Bonchev–Trinajstić information content (AvgIpc) is 1.64. The Hall–Kier alpha value is -5.96. The van der Waals surface area contributed by atoms with Gasteiger partial charge in [0.15, 0.2) is 0 Å². The van der Waals surface area contributed by atoms with Gasteiger partial charge in [-0.15, -0.1) is 0 Å². The van der Waals surface area contributed by atoms with Crippen LogP contribution in [0.4, 0.5) is 29.3 Å². The van der Waals surface area contributed by atoms with Crippen LogP contribution in [-0.4, -0.2) is 357 Å². The van der Waals surface area contributed by atoms with Gasteiger partial charge in [0.05, 0.1) is 64.7 Å². The second kappa shape index (κ2) is 48.8. The zero-order chi connectivity index (χ0) is 72.4. The van der Waals surface area contributed by atoms with E-state index >= 15 is 0 Å². The quantitative estimate of drug-likeness (QED) is 0.0122. The number of alkyl halides is 3. The molecule has 6 rings (SSSR count). The number of halogens is 3. The molecule has 4 saturated heterocycles. The van der Waals surface area contributed by atoms with Crippen molar-refractivity contribution in [2.24, 2.45) is 0 Å². The van der Waals surface area contributed by atoms with Gasteiger partial charge in [0.2, 0.25) is 6.23 Å². The van der Waals surface area contributed by atoms with Crippen LogP contribution >= 0.6 is 11.8 Å². The summed E-state index contributed by atoms with van der Waals surface area (Å²) in [5.74, 6) is -3.73. The van der Waals surface area contributed by atoms with Crippen molar-refractivity contribution < 1.29 is 123 Å². The summed E-state index contributed by atoms with van der Waals surface area (Å²) in [5.41, 5.74) is 8.12. The summed E-state index contributed by atoms with van der Waals surface area (Å²) < 4.78 is 38.1. The molecule has 4 fully saturated rings. The number of hydrogen-bond acceptors (Lipinski definition) is 29. The maximum Gasteiger partial charge on any atom is 0.433 e. The molecule has 98 heavy (non-hydrogen) atoms. The lowest BCUT2D eigenvalue weighted by molar-refractivity contribution is -0.245. The van der Waals surface area contributed by atoms with Gasteiger partial charge in [0, 0.05) is 166 Å². The molecule has 0 aromatic heterocycles. The van der Waals surface area contributed by atoms with Crippen molar-refractivity contribution in [3.63, 3.8) is 0 Å². The average molecular weight is 1430 g/mol. The van der Waals surface area contributed by atoms with E-state index in [4.69, 9.17) is 37.1 Å². The fourth-order valence-electron chi connectivity index (χ4n) is 11.3. The van der Waals surface area contributed by atoms with E-state index in [-0.39, 0.29) is 89.9 Å². The highest BCUT2D eigenvalue weighted by Crippen LogP contribution is 2.33. The van der Waals surface area contributed by atoms with Gasteiger partial charge in [-0.05, 0) is 61.1 Å². The van der Waals surface area contributed by atoms with Gasteiger partial charge in [0.25, 0.3) is 0 Å². The number of nitrogens with two attached hydrogens (primary N) is 1. The van der Waals surface area contributed by atoms with E-state index in [2.05, 4.69) is 44.9 Å². The first-order valence-corrected chi connectivity index (χ1v) is 33.2. The highest BCUT2D eigenvalue weighted by molar-refractivity contribution is 8.00. The van der Waals surface area contributed by atoms with E-state index in [0.717, 1.165) is 43.9 Å². The van der Waals surface area contributed by atoms with Gasteiger partial charge >= 0.3 is 42.1 Å². The number of benzene rings is 2. The highest BCUT2D eigenvalue weighted by Gasteiger charge is 2.43. The fraction of sp³-hybridized carbons (Fsp3) is 0.700. The monoisotopic (exact) mass is 1430 g/mol. The minimum Gasteiger partial charge on any atom is -0.480 e. The third-order valence-corrected chi connectivity index (χ3v) is 17.9. The van der Waals surface area contributed by atoms with Crippen LogP contribution in [0.5, 0.6) is 0 Å². The Morgan fingerprint density at radius 2 is 0.959 bits per heavy atom. The number of thioether (sulfide) groups is 1. The number of aliphatic hydroxyl groups is 2. The van der Waals surface area contributed by atoms with Crippen molar-refractivity contribution >= 4 is 59.0 Å². The topological polar surface area (TPSA) is 459 Å². The minimum atomic E-state index is -4.85. The largest absolute Gasteiger partial charge is 0.480 e. The summed E-state index contributed by atoms with van der Waals surface area (Å²) >= 11 is 1.95. The van der Waals surface area contributed by atoms with Gasteiger partial charge in [0.1, 0.15) is 0 Å². The molecule has 4 aliphatic heterocycles.